The van der Waals surface area contributed by atoms with Crippen molar-refractivity contribution in [2.45, 2.75) is 19.8 Å². The molecule has 0 aliphatic carbocycles. The second-order valence-electron chi connectivity index (χ2n) is 6.51. The summed E-state index contributed by atoms with van der Waals surface area (Å²) in [5.74, 6) is -1.86. The van der Waals surface area contributed by atoms with Gasteiger partial charge in [0.05, 0.1) is 49.7 Å². The standard InChI is InChI=1S/C20H25ClN2O5.H2O4S/c1-4-28-20(25)18-15(11-27-10-9-22)23-12(2)16(19(24)26-3)17(18)13-7-5-6-8-14(13)21;1-5(2,3)4/h5-8,17,23H,4,9-11,22H2,1-3H3;(H2,1,2,3,4)/t17-;/m0./s1. The molecule has 1 aromatic rings. The van der Waals surface area contributed by atoms with Gasteiger partial charge < -0.3 is 25.3 Å². The summed E-state index contributed by atoms with van der Waals surface area (Å²) in [5, 5.41) is 3.52. The number of benzene rings is 1. The summed E-state index contributed by atoms with van der Waals surface area (Å²) in [5.41, 5.74) is 7.70. The normalized spacial score (nSPS) is 15.9. The summed E-state index contributed by atoms with van der Waals surface area (Å²) < 4.78 is 47.4. The average molecular weight is 507 g/mol. The molecule has 0 saturated heterocycles. The first kappa shape index (κ1) is 28.6. The van der Waals surface area contributed by atoms with E-state index in [4.69, 9.17) is 49.1 Å². The first-order chi connectivity index (χ1) is 15.5. The number of ether oxygens (including phenoxy) is 3. The van der Waals surface area contributed by atoms with Gasteiger partial charge in [0, 0.05) is 17.3 Å². The lowest BCUT2D eigenvalue weighted by atomic mass is 9.80. The molecule has 0 aromatic heterocycles. The van der Waals surface area contributed by atoms with Gasteiger partial charge in [-0.2, -0.15) is 8.42 Å². The van der Waals surface area contributed by atoms with Crippen LogP contribution in [0.1, 0.15) is 25.3 Å². The van der Waals surface area contributed by atoms with Crippen LogP contribution in [0, 0.1) is 0 Å². The van der Waals surface area contributed by atoms with E-state index in [1.807, 2.05) is 0 Å². The van der Waals surface area contributed by atoms with Crippen molar-refractivity contribution in [3.8, 4) is 0 Å². The first-order valence-corrected chi connectivity index (χ1v) is 11.4. The number of nitrogens with two attached hydrogens (primary N) is 1. The fourth-order valence-corrected chi connectivity index (χ4v) is 3.36. The summed E-state index contributed by atoms with van der Waals surface area (Å²) in [6, 6.07) is 7.05. The number of carbonyl (C=O) groups is 2. The first-order valence-electron chi connectivity index (χ1n) is 9.64. The van der Waals surface area contributed by atoms with E-state index in [2.05, 4.69) is 5.32 Å². The van der Waals surface area contributed by atoms with Crippen LogP contribution >= 0.6 is 11.6 Å². The van der Waals surface area contributed by atoms with E-state index in [1.54, 1.807) is 38.1 Å². The lowest BCUT2D eigenvalue weighted by Crippen LogP contribution is -2.35. The minimum Gasteiger partial charge on any atom is -0.466 e. The zero-order valence-electron chi connectivity index (χ0n) is 18.3. The molecule has 0 radical (unpaired) electrons. The van der Waals surface area contributed by atoms with Gasteiger partial charge in [0.15, 0.2) is 0 Å². The van der Waals surface area contributed by atoms with Gasteiger partial charge in [-0.1, -0.05) is 29.8 Å². The highest BCUT2D eigenvalue weighted by molar-refractivity contribution is 7.79. The van der Waals surface area contributed by atoms with Crippen molar-refractivity contribution in [1.82, 2.24) is 5.32 Å². The largest absolute Gasteiger partial charge is 0.466 e. The van der Waals surface area contributed by atoms with Crippen molar-refractivity contribution >= 4 is 33.9 Å². The van der Waals surface area contributed by atoms with Crippen LogP contribution in [0.2, 0.25) is 5.02 Å². The maximum Gasteiger partial charge on any atom is 0.394 e. The van der Waals surface area contributed by atoms with Crippen molar-refractivity contribution in [2.24, 2.45) is 5.73 Å². The van der Waals surface area contributed by atoms with E-state index in [0.717, 1.165) is 0 Å². The second-order valence-corrected chi connectivity index (χ2v) is 7.81. The molecule has 1 aliphatic rings. The smallest absolute Gasteiger partial charge is 0.394 e. The molecule has 33 heavy (non-hydrogen) atoms. The Kier molecular flexibility index (Phi) is 11.5. The van der Waals surface area contributed by atoms with Crippen LogP contribution in [0.5, 0.6) is 0 Å². The number of dihydropyridines is 1. The summed E-state index contributed by atoms with van der Waals surface area (Å²) in [4.78, 5) is 25.5. The Morgan fingerprint density at radius 1 is 1.18 bits per heavy atom. The zero-order chi connectivity index (χ0) is 25.2. The van der Waals surface area contributed by atoms with Crippen molar-refractivity contribution in [3.05, 3.63) is 57.4 Å². The van der Waals surface area contributed by atoms with Gasteiger partial charge in [-0.05, 0) is 25.5 Å². The number of hydrogen-bond acceptors (Lipinski definition) is 9. The molecule has 13 heteroatoms. The van der Waals surface area contributed by atoms with Crippen LogP contribution in [0.25, 0.3) is 0 Å². The minimum absolute atomic E-state index is 0.109. The Morgan fingerprint density at radius 3 is 2.30 bits per heavy atom. The molecular formula is C20H27ClN2O9S. The Bertz CT molecular complexity index is 1010. The SMILES string of the molecule is CCOC(=O)C1=C(COCCN)NC(C)=C(C(=O)OC)[C@@H]1c1ccccc1Cl.O=S(=O)(O)O. The van der Waals surface area contributed by atoms with Crippen molar-refractivity contribution in [3.63, 3.8) is 0 Å². The Hall–Kier alpha value is -2.48. The topological polar surface area (TPSA) is 174 Å². The highest BCUT2D eigenvalue weighted by Crippen LogP contribution is 2.41. The lowest BCUT2D eigenvalue weighted by molar-refractivity contribution is -0.139. The van der Waals surface area contributed by atoms with E-state index >= 15 is 0 Å². The highest BCUT2D eigenvalue weighted by Gasteiger charge is 2.39. The predicted molar refractivity (Wildman–Crippen MR) is 120 cm³/mol. The number of carbonyl (C=O) groups excluding carboxylic acids is 2. The monoisotopic (exact) mass is 506 g/mol. The molecular weight excluding hydrogens is 480 g/mol. The molecule has 5 N–H and O–H groups in total. The van der Waals surface area contributed by atoms with Gasteiger partial charge in [-0.25, -0.2) is 9.59 Å². The quantitative estimate of drug-likeness (QED) is 0.229. The van der Waals surface area contributed by atoms with E-state index in [0.29, 0.717) is 40.7 Å². The lowest BCUT2D eigenvalue weighted by Gasteiger charge is -2.31. The highest BCUT2D eigenvalue weighted by atomic mass is 35.5. The maximum absolute atomic E-state index is 12.9. The van der Waals surface area contributed by atoms with Gasteiger partial charge in [-0.3, -0.25) is 9.11 Å². The molecule has 184 valence electrons. The molecule has 1 atom stereocenters. The van der Waals surface area contributed by atoms with Crippen LogP contribution in [-0.2, 0) is 34.2 Å². The summed E-state index contributed by atoms with van der Waals surface area (Å²) in [6.07, 6.45) is 0. The third-order valence-electron chi connectivity index (χ3n) is 4.27. The van der Waals surface area contributed by atoms with Gasteiger partial charge in [0.25, 0.3) is 0 Å². The van der Waals surface area contributed by atoms with Gasteiger partial charge in [0.1, 0.15) is 0 Å². The van der Waals surface area contributed by atoms with E-state index in [9.17, 15) is 9.59 Å². The molecule has 0 saturated carbocycles. The molecule has 0 fully saturated rings. The maximum atomic E-state index is 12.9. The summed E-state index contributed by atoms with van der Waals surface area (Å²) >= 11 is 6.42. The Labute approximate surface area is 197 Å². The number of rotatable bonds is 8. The second kappa shape index (κ2) is 13.3. The number of allylic oxidation sites excluding steroid dienone is 1. The minimum atomic E-state index is -4.67. The molecule has 0 spiro atoms. The third-order valence-corrected chi connectivity index (χ3v) is 4.61. The van der Waals surface area contributed by atoms with Crippen molar-refractivity contribution in [1.29, 1.82) is 0 Å². The molecule has 0 unspecified atom stereocenters. The van der Waals surface area contributed by atoms with E-state index in [-0.39, 0.29) is 18.8 Å². The van der Waals surface area contributed by atoms with Crippen LogP contribution in [0.4, 0.5) is 0 Å². The van der Waals surface area contributed by atoms with Crippen LogP contribution < -0.4 is 11.1 Å². The number of halogens is 1. The molecule has 2 rings (SSSR count). The van der Waals surface area contributed by atoms with Crippen LogP contribution in [0.3, 0.4) is 0 Å². The van der Waals surface area contributed by atoms with Crippen LogP contribution in [0.15, 0.2) is 46.8 Å². The number of esters is 2. The van der Waals surface area contributed by atoms with Crippen molar-refractivity contribution in [2.75, 3.05) is 33.5 Å². The third kappa shape index (κ3) is 8.76. The van der Waals surface area contributed by atoms with Gasteiger partial charge >= 0.3 is 22.3 Å². The average Bonchev–Trinajstić information content (AvgIpc) is 2.72. The Morgan fingerprint density at radius 2 is 1.79 bits per heavy atom. The Balaban J connectivity index is 0.000000981. The molecule has 1 aliphatic heterocycles. The summed E-state index contributed by atoms with van der Waals surface area (Å²) in [6.45, 7) is 4.42. The molecule has 11 nitrogen and oxygen atoms in total. The number of methoxy groups -OCH3 is 1. The molecule has 0 amide bonds. The fourth-order valence-electron chi connectivity index (χ4n) is 3.12. The molecule has 1 heterocycles. The van der Waals surface area contributed by atoms with Crippen molar-refractivity contribution < 1.29 is 41.3 Å². The molecule has 0 bridgehead atoms. The van der Waals surface area contributed by atoms with Gasteiger partial charge in [-0.15, -0.1) is 0 Å². The predicted octanol–water partition coefficient (Wildman–Crippen LogP) is 1.61. The fraction of sp³-hybridized carbons (Fsp3) is 0.400. The number of hydrogen-bond donors (Lipinski definition) is 4. The van der Waals surface area contributed by atoms with Crippen LogP contribution in [-0.4, -0.2) is 62.9 Å². The zero-order valence-corrected chi connectivity index (χ0v) is 19.9. The molecule has 1 aromatic carbocycles. The van der Waals surface area contributed by atoms with E-state index in [1.165, 1.54) is 7.11 Å². The van der Waals surface area contributed by atoms with E-state index < -0.39 is 28.3 Å². The van der Waals surface area contributed by atoms with Gasteiger partial charge in [0.2, 0.25) is 0 Å². The summed E-state index contributed by atoms with van der Waals surface area (Å²) in [7, 11) is -3.38. The number of nitrogens with one attached hydrogen (secondary N) is 1.